The van der Waals surface area contributed by atoms with Crippen molar-refractivity contribution in [2.75, 3.05) is 11.1 Å². The van der Waals surface area contributed by atoms with Crippen LogP contribution in [-0.2, 0) is 0 Å². The van der Waals surface area contributed by atoms with Gasteiger partial charge in [0.2, 0.25) is 5.95 Å². The molecule has 8 nitrogen and oxygen atoms in total. The molecule has 0 saturated carbocycles. The molecule has 3 aromatic heterocycles. The Morgan fingerprint density at radius 2 is 1.77 bits per heavy atom. The first-order valence-electron chi connectivity index (χ1n) is 9.83. The van der Waals surface area contributed by atoms with Gasteiger partial charge in [-0.05, 0) is 19.1 Å². The number of nitrogens with one attached hydrogen (secondary N) is 2. The highest BCUT2D eigenvalue weighted by atomic mass is 16.1. The number of hydrogen-bond donors (Lipinski definition) is 3. The molecule has 2 aromatic carbocycles. The molecule has 5 rings (SSSR count). The van der Waals surface area contributed by atoms with Crippen LogP contribution in [0.1, 0.15) is 18.5 Å². The van der Waals surface area contributed by atoms with E-state index in [0.717, 1.165) is 27.7 Å². The largest absolute Gasteiger partial charge is 0.368 e. The molecule has 0 aliphatic carbocycles. The van der Waals surface area contributed by atoms with E-state index in [2.05, 4.69) is 31.3 Å². The molecular weight excluding hydrogens is 390 g/mol. The number of para-hydroxylation sites is 1. The third kappa shape index (κ3) is 3.44. The lowest BCUT2D eigenvalue weighted by molar-refractivity contribution is 0.874. The number of H-pyrrole nitrogens is 1. The van der Waals surface area contributed by atoms with Crippen molar-refractivity contribution in [1.82, 2.24) is 24.9 Å². The normalized spacial score (nSPS) is 12.2. The van der Waals surface area contributed by atoms with Crippen LogP contribution in [0.5, 0.6) is 0 Å². The fraction of sp³-hybridized carbons (Fsp3) is 0.0870. The van der Waals surface area contributed by atoms with Crippen molar-refractivity contribution >= 4 is 33.7 Å². The number of anilines is 2. The molecule has 152 valence electrons. The summed E-state index contributed by atoms with van der Waals surface area (Å²) in [7, 11) is 0. The Hall–Kier alpha value is -4.33. The molecule has 0 aliphatic rings. The van der Waals surface area contributed by atoms with Crippen LogP contribution in [0.15, 0.2) is 71.8 Å². The number of nitrogens with two attached hydrogens (primary N) is 1. The lowest BCUT2D eigenvalue weighted by Gasteiger charge is -2.20. The maximum absolute atomic E-state index is 12.4. The number of aromatic amines is 1. The molecule has 4 N–H and O–H groups in total. The van der Waals surface area contributed by atoms with Crippen LogP contribution in [0, 0.1) is 0 Å². The molecule has 0 aliphatic heterocycles. The van der Waals surface area contributed by atoms with E-state index < -0.39 is 5.56 Å². The highest BCUT2D eigenvalue weighted by molar-refractivity contribution is 5.87. The van der Waals surface area contributed by atoms with Gasteiger partial charge in [0.25, 0.3) is 5.56 Å². The maximum Gasteiger partial charge on any atom is 0.285 e. The predicted octanol–water partition coefficient (Wildman–Crippen LogP) is 3.68. The van der Waals surface area contributed by atoms with Crippen LogP contribution < -0.4 is 16.6 Å². The summed E-state index contributed by atoms with van der Waals surface area (Å²) < 4.78 is 0. The minimum Gasteiger partial charge on any atom is -0.368 e. The first-order valence-corrected chi connectivity index (χ1v) is 9.83. The first kappa shape index (κ1) is 18.7. The maximum atomic E-state index is 12.4. The minimum absolute atomic E-state index is 0.0592. The number of rotatable bonds is 4. The van der Waals surface area contributed by atoms with Gasteiger partial charge in [-0.1, -0.05) is 48.5 Å². The molecule has 0 amide bonds. The van der Waals surface area contributed by atoms with E-state index in [1.165, 1.54) is 6.33 Å². The Kier molecular flexibility index (Phi) is 4.51. The molecule has 1 atom stereocenters. The smallest absolute Gasteiger partial charge is 0.285 e. The van der Waals surface area contributed by atoms with Crippen LogP contribution in [0.25, 0.3) is 33.2 Å². The second-order valence-corrected chi connectivity index (χ2v) is 7.21. The van der Waals surface area contributed by atoms with Crippen LogP contribution >= 0.6 is 0 Å². The van der Waals surface area contributed by atoms with Crippen molar-refractivity contribution < 1.29 is 0 Å². The van der Waals surface area contributed by atoms with Crippen molar-refractivity contribution in [1.29, 1.82) is 0 Å². The van der Waals surface area contributed by atoms with Crippen LogP contribution in [0.2, 0.25) is 0 Å². The summed E-state index contributed by atoms with van der Waals surface area (Å²) in [5.41, 5.74) is 9.52. The Bertz CT molecular complexity index is 1460. The second kappa shape index (κ2) is 7.49. The molecule has 0 spiro atoms. The first-order chi connectivity index (χ1) is 15.1. The van der Waals surface area contributed by atoms with E-state index >= 15 is 0 Å². The van der Waals surface area contributed by atoms with Crippen molar-refractivity contribution in [3.05, 3.63) is 82.9 Å². The second-order valence-electron chi connectivity index (χ2n) is 7.21. The lowest BCUT2D eigenvalue weighted by atomic mass is 9.98. The summed E-state index contributed by atoms with van der Waals surface area (Å²) in [6.07, 6.45) is 1.30. The van der Waals surface area contributed by atoms with Crippen LogP contribution in [0.4, 0.5) is 11.8 Å². The third-order valence-electron chi connectivity index (χ3n) is 5.14. The number of benzene rings is 2. The van der Waals surface area contributed by atoms with Gasteiger partial charge in [0, 0.05) is 16.5 Å². The standard InChI is InChI=1S/C23H19N7O/c1-13(27-21-18-20(29-23(24)30-21)25-12-26-22(18)31)16-11-15-9-5-6-10-17(15)28-19(16)14-7-3-2-4-8-14/h2-13H,1H3,(H4,24,25,26,27,29,30,31). The summed E-state index contributed by atoms with van der Waals surface area (Å²) >= 11 is 0. The van der Waals surface area contributed by atoms with Gasteiger partial charge in [0.15, 0.2) is 5.65 Å². The lowest BCUT2D eigenvalue weighted by Crippen LogP contribution is -2.16. The van der Waals surface area contributed by atoms with Crippen LogP contribution in [-0.4, -0.2) is 24.9 Å². The van der Waals surface area contributed by atoms with Crippen molar-refractivity contribution in [3.8, 4) is 11.3 Å². The van der Waals surface area contributed by atoms with Crippen molar-refractivity contribution in [2.24, 2.45) is 0 Å². The number of fused-ring (bicyclic) bond motifs is 2. The molecule has 0 saturated heterocycles. The van der Waals surface area contributed by atoms with Gasteiger partial charge in [-0.3, -0.25) is 4.79 Å². The van der Waals surface area contributed by atoms with Gasteiger partial charge < -0.3 is 16.0 Å². The topological polar surface area (TPSA) is 122 Å². The van der Waals surface area contributed by atoms with E-state index in [9.17, 15) is 4.79 Å². The number of hydrogen-bond acceptors (Lipinski definition) is 7. The van der Waals surface area contributed by atoms with E-state index in [1.807, 2.05) is 61.5 Å². The monoisotopic (exact) mass is 409 g/mol. The summed E-state index contributed by atoms with van der Waals surface area (Å²) in [5.74, 6) is 0.389. The summed E-state index contributed by atoms with van der Waals surface area (Å²) in [6.45, 7) is 1.99. The van der Waals surface area contributed by atoms with Crippen molar-refractivity contribution in [3.63, 3.8) is 0 Å². The Labute approximate surface area is 177 Å². The quantitative estimate of drug-likeness (QED) is 0.414. The molecule has 5 aromatic rings. The molecular formula is C23H19N7O. The fourth-order valence-corrected chi connectivity index (χ4v) is 3.68. The average molecular weight is 409 g/mol. The Balaban J connectivity index is 1.66. The highest BCUT2D eigenvalue weighted by Gasteiger charge is 2.18. The van der Waals surface area contributed by atoms with Gasteiger partial charge in [0.05, 0.1) is 23.6 Å². The van der Waals surface area contributed by atoms with Crippen molar-refractivity contribution in [2.45, 2.75) is 13.0 Å². The SMILES string of the molecule is CC(Nc1nc(N)nc2[nH]cnc(=O)c12)c1cc2ccccc2nc1-c1ccccc1. The van der Waals surface area contributed by atoms with E-state index in [0.29, 0.717) is 11.5 Å². The molecule has 8 heteroatoms. The average Bonchev–Trinajstić information content (AvgIpc) is 2.78. The zero-order valence-electron chi connectivity index (χ0n) is 16.7. The van der Waals surface area contributed by atoms with Crippen LogP contribution in [0.3, 0.4) is 0 Å². The van der Waals surface area contributed by atoms with Gasteiger partial charge in [-0.25, -0.2) is 4.98 Å². The minimum atomic E-state index is -0.427. The van der Waals surface area contributed by atoms with E-state index in [-0.39, 0.29) is 17.4 Å². The summed E-state index contributed by atoms with van der Waals surface area (Å²) in [4.78, 5) is 32.3. The van der Waals surface area contributed by atoms with Gasteiger partial charge in [-0.2, -0.15) is 15.0 Å². The van der Waals surface area contributed by atoms with E-state index in [4.69, 9.17) is 10.7 Å². The zero-order chi connectivity index (χ0) is 21.4. The summed E-state index contributed by atoms with van der Waals surface area (Å²) in [6, 6.07) is 19.9. The molecule has 0 radical (unpaired) electrons. The molecule has 1 unspecified atom stereocenters. The number of aromatic nitrogens is 5. The fourth-order valence-electron chi connectivity index (χ4n) is 3.68. The third-order valence-corrected chi connectivity index (χ3v) is 5.14. The molecule has 31 heavy (non-hydrogen) atoms. The van der Waals surface area contributed by atoms with Gasteiger partial charge >= 0.3 is 0 Å². The highest BCUT2D eigenvalue weighted by Crippen LogP contribution is 2.32. The summed E-state index contributed by atoms with van der Waals surface area (Å²) in [5, 5.41) is 4.61. The molecule has 0 bridgehead atoms. The zero-order valence-corrected chi connectivity index (χ0v) is 16.7. The number of pyridine rings is 1. The van der Waals surface area contributed by atoms with Gasteiger partial charge in [0.1, 0.15) is 11.2 Å². The number of nitrogen functional groups attached to an aromatic ring is 1. The van der Waals surface area contributed by atoms with Gasteiger partial charge in [-0.15, -0.1) is 0 Å². The van der Waals surface area contributed by atoms with E-state index in [1.54, 1.807) is 0 Å². The molecule has 0 fully saturated rings. The molecule has 3 heterocycles. The Morgan fingerprint density at radius 1 is 1.00 bits per heavy atom. The number of nitrogens with zero attached hydrogens (tertiary/aromatic N) is 4. The Morgan fingerprint density at radius 3 is 2.61 bits per heavy atom. The predicted molar refractivity (Wildman–Crippen MR) is 122 cm³/mol.